The molecule has 2 aromatic rings. The van der Waals surface area contributed by atoms with E-state index in [1.807, 2.05) is 56.3 Å². The molecule has 0 aliphatic heterocycles. The van der Waals surface area contributed by atoms with E-state index in [9.17, 15) is 0 Å². The minimum absolute atomic E-state index is 0.00528. The third-order valence-corrected chi connectivity index (χ3v) is 2.88. The molecule has 0 aromatic heterocycles. The molecule has 3 N–H and O–H groups in total. The van der Waals surface area contributed by atoms with Crippen LogP contribution >= 0.6 is 0 Å². The second-order valence-electron chi connectivity index (χ2n) is 4.75. The number of hydrogen-bond donors (Lipinski definition) is 2. The fraction of sp³-hybridized carbons (Fsp3) is 0.250. The standard InChI is InChI=1S/C16H20N2O/c1-12(2)19-15-10-8-14(9-11-15)16(18-17)13-6-4-3-5-7-13/h3-12,16,18H,17H2,1-2H3. The number of benzene rings is 2. The summed E-state index contributed by atoms with van der Waals surface area (Å²) in [5, 5.41) is 0. The fourth-order valence-corrected chi connectivity index (χ4v) is 2.04. The molecule has 2 aromatic carbocycles. The minimum atomic E-state index is -0.00528. The Morgan fingerprint density at radius 3 is 2.00 bits per heavy atom. The molecule has 19 heavy (non-hydrogen) atoms. The summed E-state index contributed by atoms with van der Waals surface area (Å²) in [6, 6.07) is 18.2. The number of ether oxygens (including phenoxy) is 1. The predicted molar refractivity (Wildman–Crippen MR) is 77.8 cm³/mol. The average Bonchev–Trinajstić information content (AvgIpc) is 2.42. The van der Waals surface area contributed by atoms with E-state index >= 15 is 0 Å². The van der Waals surface area contributed by atoms with Gasteiger partial charge in [0.25, 0.3) is 0 Å². The van der Waals surface area contributed by atoms with Crippen LogP contribution in [0, 0.1) is 0 Å². The topological polar surface area (TPSA) is 47.3 Å². The number of nitrogens with one attached hydrogen (secondary N) is 1. The van der Waals surface area contributed by atoms with E-state index in [0.717, 1.165) is 16.9 Å². The summed E-state index contributed by atoms with van der Waals surface area (Å²) in [6.45, 7) is 4.03. The van der Waals surface area contributed by atoms with Gasteiger partial charge in [0.2, 0.25) is 0 Å². The zero-order valence-electron chi connectivity index (χ0n) is 11.3. The second kappa shape index (κ2) is 6.36. The number of hydrazine groups is 1. The van der Waals surface area contributed by atoms with Crippen LogP contribution in [0.5, 0.6) is 5.75 Å². The molecular formula is C16H20N2O. The molecule has 1 atom stereocenters. The first kappa shape index (κ1) is 13.6. The smallest absolute Gasteiger partial charge is 0.119 e. The molecule has 0 saturated heterocycles. The van der Waals surface area contributed by atoms with Crippen molar-refractivity contribution >= 4 is 0 Å². The van der Waals surface area contributed by atoms with Gasteiger partial charge in [0.15, 0.2) is 0 Å². The van der Waals surface area contributed by atoms with Crippen LogP contribution in [0.4, 0.5) is 0 Å². The lowest BCUT2D eigenvalue weighted by Gasteiger charge is -2.17. The van der Waals surface area contributed by atoms with E-state index < -0.39 is 0 Å². The van der Waals surface area contributed by atoms with Gasteiger partial charge < -0.3 is 4.74 Å². The predicted octanol–water partition coefficient (Wildman–Crippen LogP) is 3.03. The van der Waals surface area contributed by atoms with Crippen molar-refractivity contribution in [2.45, 2.75) is 26.0 Å². The molecule has 100 valence electrons. The Kier molecular flexibility index (Phi) is 4.55. The Balaban J connectivity index is 2.20. The average molecular weight is 256 g/mol. The Morgan fingerprint density at radius 1 is 0.895 bits per heavy atom. The van der Waals surface area contributed by atoms with Crippen LogP contribution in [0.1, 0.15) is 31.0 Å². The molecule has 3 nitrogen and oxygen atoms in total. The quantitative estimate of drug-likeness (QED) is 0.638. The highest BCUT2D eigenvalue weighted by Gasteiger charge is 2.11. The van der Waals surface area contributed by atoms with E-state index in [0.29, 0.717) is 0 Å². The van der Waals surface area contributed by atoms with Gasteiger partial charge in [0, 0.05) is 0 Å². The van der Waals surface area contributed by atoms with Crippen LogP contribution in [0.15, 0.2) is 54.6 Å². The van der Waals surface area contributed by atoms with Crippen molar-refractivity contribution in [3.63, 3.8) is 0 Å². The summed E-state index contributed by atoms with van der Waals surface area (Å²) in [5.74, 6) is 6.55. The van der Waals surface area contributed by atoms with E-state index in [4.69, 9.17) is 10.6 Å². The first-order valence-corrected chi connectivity index (χ1v) is 6.48. The van der Waals surface area contributed by atoms with Crippen LogP contribution in [0.3, 0.4) is 0 Å². The lowest BCUT2D eigenvalue weighted by atomic mass is 9.99. The van der Waals surface area contributed by atoms with Crippen molar-refractivity contribution < 1.29 is 4.74 Å². The fourth-order valence-electron chi connectivity index (χ4n) is 2.04. The van der Waals surface area contributed by atoms with Gasteiger partial charge >= 0.3 is 0 Å². The maximum atomic E-state index is 5.67. The summed E-state index contributed by atoms with van der Waals surface area (Å²) >= 11 is 0. The summed E-state index contributed by atoms with van der Waals surface area (Å²) in [7, 11) is 0. The van der Waals surface area contributed by atoms with Gasteiger partial charge in [-0.05, 0) is 37.1 Å². The Labute approximate surface area is 114 Å². The van der Waals surface area contributed by atoms with Crippen molar-refractivity contribution in [3.05, 3.63) is 65.7 Å². The van der Waals surface area contributed by atoms with E-state index in [1.54, 1.807) is 0 Å². The molecular weight excluding hydrogens is 236 g/mol. The van der Waals surface area contributed by atoms with Crippen LogP contribution in [0.2, 0.25) is 0 Å². The summed E-state index contributed by atoms with van der Waals surface area (Å²) in [6.07, 6.45) is 0.184. The van der Waals surface area contributed by atoms with E-state index in [2.05, 4.69) is 17.6 Å². The Hall–Kier alpha value is -1.84. The summed E-state index contributed by atoms with van der Waals surface area (Å²) in [4.78, 5) is 0. The van der Waals surface area contributed by atoms with Gasteiger partial charge in [-0.25, -0.2) is 5.43 Å². The molecule has 0 heterocycles. The Morgan fingerprint density at radius 2 is 1.47 bits per heavy atom. The molecule has 0 bridgehead atoms. The van der Waals surface area contributed by atoms with E-state index in [1.165, 1.54) is 0 Å². The Bertz CT molecular complexity index is 494. The number of hydrogen-bond acceptors (Lipinski definition) is 3. The van der Waals surface area contributed by atoms with Crippen LogP contribution in [0.25, 0.3) is 0 Å². The van der Waals surface area contributed by atoms with Crippen molar-refractivity contribution in [3.8, 4) is 5.75 Å². The zero-order chi connectivity index (χ0) is 13.7. The first-order chi connectivity index (χ1) is 9.20. The molecule has 0 saturated carbocycles. The summed E-state index contributed by atoms with van der Waals surface area (Å²) in [5.41, 5.74) is 5.11. The lowest BCUT2D eigenvalue weighted by molar-refractivity contribution is 0.242. The van der Waals surface area contributed by atoms with Gasteiger partial charge in [-0.15, -0.1) is 0 Å². The molecule has 2 rings (SSSR count). The normalized spacial score (nSPS) is 12.4. The van der Waals surface area contributed by atoms with Gasteiger partial charge in [-0.1, -0.05) is 42.5 Å². The SMILES string of the molecule is CC(C)Oc1ccc(C(NN)c2ccccc2)cc1. The maximum Gasteiger partial charge on any atom is 0.119 e. The molecule has 0 amide bonds. The zero-order valence-corrected chi connectivity index (χ0v) is 11.3. The van der Waals surface area contributed by atoms with Crippen LogP contribution < -0.4 is 16.0 Å². The third-order valence-electron chi connectivity index (χ3n) is 2.88. The first-order valence-electron chi connectivity index (χ1n) is 6.48. The van der Waals surface area contributed by atoms with E-state index in [-0.39, 0.29) is 12.1 Å². The van der Waals surface area contributed by atoms with Gasteiger partial charge in [0.05, 0.1) is 12.1 Å². The van der Waals surface area contributed by atoms with Gasteiger partial charge in [-0.3, -0.25) is 5.84 Å². The number of nitrogens with two attached hydrogens (primary N) is 1. The largest absolute Gasteiger partial charge is 0.491 e. The van der Waals surface area contributed by atoms with Crippen molar-refractivity contribution in [2.24, 2.45) is 5.84 Å². The van der Waals surface area contributed by atoms with Gasteiger partial charge in [-0.2, -0.15) is 0 Å². The molecule has 0 fully saturated rings. The highest BCUT2D eigenvalue weighted by Crippen LogP contribution is 2.23. The van der Waals surface area contributed by atoms with Crippen molar-refractivity contribution in [1.29, 1.82) is 0 Å². The molecule has 0 radical (unpaired) electrons. The molecule has 0 aliphatic rings. The highest BCUT2D eigenvalue weighted by atomic mass is 16.5. The monoisotopic (exact) mass is 256 g/mol. The molecule has 0 aliphatic carbocycles. The van der Waals surface area contributed by atoms with Crippen molar-refractivity contribution in [1.82, 2.24) is 5.43 Å². The number of rotatable bonds is 5. The molecule has 3 heteroatoms. The lowest BCUT2D eigenvalue weighted by Crippen LogP contribution is -2.28. The third kappa shape index (κ3) is 3.56. The second-order valence-corrected chi connectivity index (χ2v) is 4.75. The maximum absolute atomic E-state index is 5.67. The summed E-state index contributed by atoms with van der Waals surface area (Å²) < 4.78 is 5.64. The van der Waals surface area contributed by atoms with Crippen LogP contribution in [-0.4, -0.2) is 6.10 Å². The van der Waals surface area contributed by atoms with Gasteiger partial charge in [0.1, 0.15) is 5.75 Å². The highest BCUT2D eigenvalue weighted by molar-refractivity contribution is 5.35. The molecule has 1 unspecified atom stereocenters. The minimum Gasteiger partial charge on any atom is -0.491 e. The van der Waals surface area contributed by atoms with Crippen LogP contribution in [-0.2, 0) is 0 Å². The molecule has 0 spiro atoms. The van der Waals surface area contributed by atoms with Crippen molar-refractivity contribution in [2.75, 3.05) is 0 Å².